The van der Waals surface area contributed by atoms with E-state index in [2.05, 4.69) is 28.0 Å². The van der Waals surface area contributed by atoms with Crippen molar-refractivity contribution in [3.8, 4) is 0 Å². The summed E-state index contributed by atoms with van der Waals surface area (Å²) in [6.07, 6.45) is 8.94. The Kier molecular flexibility index (Phi) is 6.31. The zero-order chi connectivity index (χ0) is 16.1. The van der Waals surface area contributed by atoms with Crippen molar-refractivity contribution in [2.24, 2.45) is 11.8 Å². The number of hydrazine groups is 2. The normalized spacial score (nSPS) is 27.2. The molecule has 0 unspecified atom stereocenters. The number of nitrogens with one attached hydrogen (secondary N) is 2. The minimum atomic E-state index is 0.488. The van der Waals surface area contributed by atoms with E-state index in [1.165, 1.54) is 63.6 Å². The Morgan fingerprint density at radius 3 is 2.43 bits per heavy atom. The molecule has 0 amide bonds. The van der Waals surface area contributed by atoms with E-state index in [1.807, 2.05) is 12.1 Å². The summed E-state index contributed by atoms with van der Waals surface area (Å²) in [7, 11) is 0. The molecule has 2 atom stereocenters. The van der Waals surface area contributed by atoms with Gasteiger partial charge in [0.25, 0.3) is 0 Å². The van der Waals surface area contributed by atoms with Crippen LogP contribution in [0, 0.1) is 5.92 Å². The lowest BCUT2D eigenvalue weighted by Gasteiger charge is -2.43. The van der Waals surface area contributed by atoms with Crippen molar-refractivity contribution in [1.29, 1.82) is 0 Å². The van der Waals surface area contributed by atoms with E-state index < -0.39 is 0 Å². The fourth-order valence-electron chi connectivity index (χ4n) is 4.27. The average molecular weight is 337 g/mol. The van der Waals surface area contributed by atoms with E-state index >= 15 is 0 Å². The van der Waals surface area contributed by atoms with Crippen molar-refractivity contribution in [2.45, 2.75) is 57.0 Å². The molecule has 4 nitrogen and oxygen atoms in total. The Hall–Kier alpha value is -0.650. The summed E-state index contributed by atoms with van der Waals surface area (Å²) in [5, 5.41) is 0.827. The van der Waals surface area contributed by atoms with Gasteiger partial charge in [0, 0.05) is 17.1 Å². The van der Waals surface area contributed by atoms with Gasteiger partial charge in [-0.05, 0) is 68.8 Å². The Labute approximate surface area is 144 Å². The standard InChI is InChI=1S/C18H29ClN4/c19-16-7-5-14(6-8-16)13-15-9-11-23(12-10-15)18-4-2-1-3-17(18)21-22-20/h5-8,15,17-18,21-22H,1-4,9-13,20H2/t17-,18+/m1/s1. The van der Waals surface area contributed by atoms with Gasteiger partial charge >= 0.3 is 0 Å². The molecule has 0 aromatic heterocycles. The molecule has 2 fully saturated rings. The Morgan fingerprint density at radius 2 is 1.74 bits per heavy atom. The molecule has 1 saturated heterocycles. The molecule has 1 aliphatic heterocycles. The third-order valence-electron chi connectivity index (χ3n) is 5.55. The maximum absolute atomic E-state index is 5.97. The van der Waals surface area contributed by atoms with Crippen LogP contribution in [0.4, 0.5) is 0 Å². The largest absolute Gasteiger partial charge is 0.299 e. The summed E-state index contributed by atoms with van der Waals surface area (Å²) >= 11 is 5.97. The summed E-state index contributed by atoms with van der Waals surface area (Å²) in [4.78, 5) is 2.69. The van der Waals surface area contributed by atoms with Crippen LogP contribution in [-0.4, -0.2) is 30.1 Å². The van der Waals surface area contributed by atoms with Gasteiger partial charge in [-0.1, -0.05) is 36.6 Å². The van der Waals surface area contributed by atoms with Crippen LogP contribution in [0.1, 0.15) is 44.1 Å². The first-order chi connectivity index (χ1) is 11.3. The van der Waals surface area contributed by atoms with Gasteiger partial charge < -0.3 is 0 Å². The Morgan fingerprint density at radius 1 is 1.04 bits per heavy atom. The number of likely N-dealkylation sites (tertiary alicyclic amines) is 1. The fraction of sp³-hybridized carbons (Fsp3) is 0.667. The topological polar surface area (TPSA) is 53.3 Å². The molecule has 1 aliphatic carbocycles. The van der Waals surface area contributed by atoms with Crippen molar-refractivity contribution < 1.29 is 0 Å². The summed E-state index contributed by atoms with van der Waals surface area (Å²) < 4.78 is 0. The van der Waals surface area contributed by atoms with E-state index in [9.17, 15) is 0 Å². The molecule has 5 heteroatoms. The molecule has 1 saturated carbocycles. The smallest absolute Gasteiger partial charge is 0.0406 e. The number of piperidine rings is 1. The van der Waals surface area contributed by atoms with Gasteiger partial charge in [-0.25, -0.2) is 5.43 Å². The van der Waals surface area contributed by atoms with Gasteiger partial charge in [0.2, 0.25) is 0 Å². The van der Waals surface area contributed by atoms with Gasteiger partial charge in [-0.2, -0.15) is 5.53 Å². The highest BCUT2D eigenvalue weighted by Crippen LogP contribution is 2.29. The summed E-state index contributed by atoms with van der Waals surface area (Å²) in [5.74, 6) is 6.28. The van der Waals surface area contributed by atoms with E-state index in [-0.39, 0.29) is 0 Å². The predicted octanol–water partition coefficient (Wildman–Crippen LogP) is 2.87. The lowest BCUT2D eigenvalue weighted by Crippen LogP contribution is -2.58. The fourth-order valence-corrected chi connectivity index (χ4v) is 4.39. The van der Waals surface area contributed by atoms with Gasteiger partial charge in [0.05, 0.1) is 0 Å². The first-order valence-electron chi connectivity index (χ1n) is 8.96. The molecule has 0 bridgehead atoms. The minimum Gasteiger partial charge on any atom is -0.299 e. The number of hydrogen-bond acceptors (Lipinski definition) is 4. The van der Waals surface area contributed by atoms with E-state index in [4.69, 9.17) is 17.4 Å². The minimum absolute atomic E-state index is 0.488. The van der Waals surface area contributed by atoms with Crippen LogP contribution >= 0.6 is 11.6 Å². The quantitative estimate of drug-likeness (QED) is 0.571. The average Bonchev–Trinajstić information content (AvgIpc) is 2.59. The maximum atomic E-state index is 5.97. The molecule has 3 rings (SSSR count). The van der Waals surface area contributed by atoms with E-state index in [1.54, 1.807) is 0 Å². The van der Waals surface area contributed by atoms with Crippen LogP contribution in [0.25, 0.3) is 0 Å². The summed E-state index contributed by atoms with van der Waals surface area (Å²) in [6.45, 7) is 2.43. The number of nitrogens with two attached hydrogens (primary N) is 1. The molecule has 1 aromatic rings. The molecule has 2 aliphatic rings. The van der Waals surface area contributed by atoms with Crippen molar-refractivity contribution in [2.75, 3.05) is 13.1 Å². The number of rotatable bonds is 5. The molecular formula is C18H29ClN4. The van der Waals surface area contributed by atoms with Gasteiger partial charge in [-0.15, -0.1) is 0 Å². The zero-order valence-corrected chi connectivity index (χ0v) is 14.6. The second-order valence-electron chi connectivity index (χ2n) is 7.06. The number of halogens is 1. The maximum Gasteiger partial charge on any atom is 0.0406 e. The summed E-state index contributed by atoms with van der Waals surface area (Å²) in [5.41, 5.74) is 7.34. The predicted molar refractivity (Wildman–Crippen MR) is 96.0 cm³/mol. The van der Waals surface area contributed by atoms with Crippen LogP contribution in [0.2, 0.25) is 5.02 Å². The van der Waals surface area contributed by atoms with Crippen molar-refractivity contribution in [3.63, 3.8) is 0 Å². The SMILES string of the molecule is NNN[C@@H]1CCCC[C@@H]1N1CCC(Cc2ccc(Cl)cc2)CC1. The number of benzene rings is 1. The van der Waals surface area contributed by atoms with Crippen LogP contribution < -0.4 is 16.8 Å². The van der Waals surface area contributed by atoms with Crippen molar-refractivity contribution in [3.05, 3.63) is 34.9 Å². The molecule has 4 N–H and O–H groups in total. The second-order valence-corrected chi connectivity index (χ2v) is 7.49. The summed E-state index contributed by atoms with van der Waals surface area (Å²) in [6, 6.07) is 9.47. The highest BCUT2D eigenvalue weighted by atomic mass is 35.5. The third-order valence-corrected chi connectivity index (χ3v) is 5.81. The molecule has 1 aromatic carbocycles. The molecule has 0 radical (unpaired) electrons. The molecule has 0 spiro atoms. The first-order valence-corrected chi connectivity index (χ1v) is 9.33. The lowest BCUT2D eigenvalue weighted by molar-refractivity contribution is 0.0779. The number of hydrogen-bond donors (Lipinski definition) is 3. The lowest BCUT2D eigenvalue weighted by atomic mass is 9.85. The van der Waals surface area contributed by atoms with Crippen molar-refractivity contribution >= 4 is 11.6 Å². The first kappa shape index (κ1) is 17.2. The van der Waals surface area contributed by atoms with Crippen LogP contribution in [0.5, 0.6) is 0 Å². The molecular weight excluding hydrogens is 308 g/mol. The monoisotopic (exact) mass is 336 g/mol. The van der Waals surface area contributed by atoms with Gasteiger partial charge in [0.15, 0.2) is 0 Å². The second kappa shape index (κ2) is 8.45. The third kappa shape index (κ3) is 4.68. The van der Waals surface area contributed by atoms with Gasteiger partial charge in [-0.3, -0.25) is 10.7 Å². The van der Waals surface area contributed by atoms with Crippen LogP contribution in [-0.2, 0) is 6.42 Å². The molecule has 23 heavy (non-hydrogen) atoms. The molecule has 1 heterocycles. The molecule has 128 valence electrons. The van der Waals surface area contributed by atoms with Crippen LogP contribution in [0.3, 0.4) is 0 Å². The van der Waals surface area contributed by atoms with Crippen molar-refractivity contribution in [1.82, 2.24) is 15.9 Å². The zero-order valence-electron chi connectivity index (χ0n) is 13.8. The highest BCUT2D eigenvalue weighted by Gasteiger charge is 2.32. The van der Waals surface area contributed by atoms with Crippen LogP contribution in [0.15, 0.2) is 24.3 Å². The number of nitrogens with zero attached hydrogens (tertiary/aromatic N) is 1. The van der Waals surface area contributed by atoms with E-state index in [0.717, 1.165) is 10.9 Å². The van der Waals surface area contributed by atoms with E-state index in [0.29, 0.717) is 12.1 Å². The van der Waals surface area contributed by atoms with Gasteiger partial charge in [0.1, 0.15) is 0 Å². The Balaban J connectivity index is 1.50. The highest BCUT2D eigenvalue weighted by molar-refractivity contribution is 6.30. The Bertz CT molecular complexity index is 468.